The quantitative estimate of drug-likeness (QED) is 0.449. The van der Waals surface area contributed by atoms with Gasteiger partial charge in [0.25, 0.3) is 0 Å². The van der Waals surface area contributed by atoms with Gasteiger partial charge >= 0.3 is 0 Å². The summed E-state index contributed by atoms with van der Waals surface area (Å²) in [4.78, 5) is 17.3. The number of nitrogens with zero attached hydrogens (tertiary/aromatic N) is 3. The zero-order valence-electron chi connectivity index (χ0n) is 18.3. The molecule has 0 aliphatic heterocycles. The number of hydrogen-bond donors (Lipinski definition) is 1. The van der Waals surface area contributed by atoms with Crippen LogP contribution in [-0.4, -0.2) is 20.7 Å². The summed E-state index contributed by atoms with van der Waals surface area (Å²) in [5.74, 6) is -0.0626. The highest BCUT2D eigenvalue weighted by molar-refractivity contribution is 7.12. The van der Waals surface area contributed by atoms with Gasteiger partial charge in [-0.3, -0.25) is 4.79 Å². The van der Waals surface area contributed by atoms with Crippen molar-refractivity contribution >= 4 is 22.9 Å². The Bertz CT molecular complexity index is 1200. The predicted octanol–water partition coefficient (Wildman–Crippen LogP) is 5.33. The van der Waals surface area contributed by atoms with Crippen LogP contribution >= 0.6 is 11.3 Å². The highest BCUT2D eigenvalue weighted by Crippen LogP contribution is 2.24. The Morgan fingerprint density at radius 2 is 1.71 bits per heavy atom. The van der Waals surface area contributed by atoms with E-state index in [0.717, 1.165) is 45.4 Å². The van der Waals surface area contributed by atoms with Gasteiger partial charge in [0, 0.05) is 28.7 Å². The standard InChI is InChI=1S/C25H26N4OS/c1-16-9-8-10-17(2)24(16)27-23(30)14-21-15-31-25(26-21)29-19(4)22(18(3)28-29)13-20-11-6-5-7-12-20/h5-12,15H,13-14H2,1-4H3,(H,27,30). The van der Waals surface area contributed by atoms with E-state index in [9.17, 15) is 4.79 Å². The van der Waals surface area contributed by atoms with Gasteiger partial charge in [0.1, 0.15) is 0 Å². The minimum atomic E-state index is -0.0626. The van der Waals surface area contributed by atoms with Gasteiger partial charge in [-0.1, -0.05) is 48.5 Å². The number of amides is 1. The smallest absolute Gasteiger partial charge is 0.230 e. The van der Waals surface area contributed by atoms with E-state index in [4.69, 9.17) is 5.10 Å². The SMILES string of the molecule is Cc1cccc(C)c1NC(=O)Cc1csc(-n2nc(C)c(Cc3ccccc3)c2C)n1. The summed E-state index contributed by atoms with van der Waals surface area (Å²) in [7, 11) is 0. The monoisotopic (exact) mass is 430 g/mol. The fourth-order valence-corrected chi connectivity index (χ4v) is 4.58. The van der Waals surface area contributed by atoms with E-state index in [1.54, 1.807) is 0 Å². The lowest BCUT2D eigenvalue weighted by molar-refractivity contribution is -0.115. The Balaban J connectivity index is 1.50. The van der Waals surface area contributed by atoms with Gasteiger partial charge in [0.05, 0.1) is 17.8 Å². The van der Waals surface area contributed by atoms with E-state index in [2.05, 4.69) is 41.5 Å². The molecule has 0 aliphatic rings. The number of hydrogen-bond acceptors (Lipinski definition) is 4. The van der Waals surface area contributed by atoms with Crippen molar-refractivity contribution in [3.63, 3.8) is 0 Å². The fourth-order valence-electron chi connectivity index (χ4n) is 3.75. The molecule has 0 aliphatic carbocycles. The van der Waals surface area contributed by atoms with Gasteiger partial charge in [-0.25, -0.2) is 9.67 Å². The lowest BCUT2D eigenvalue weighted by Gasteiger charge is -2.10. The summed E-state index contributed by atoms with van der Waals surface area (Å²) in [6.45, 7) is 8.11. The van der Waals surface area contributed by atoms with E-state index in [1.807, 2.05) is 55.1 Å². The molecule has 0 spiro atoms. The number of carbonyl (C=O) groups is 1. The molecule has 0 fully saturated rings. The molecule has 2 aromatic heterocycles. The van der Waals surface area contributed by atoms with Gasteiger partial charge in [-0.2, -0.15) is 5.10 Å². The Kier molecular flexibility index (Phi) is 6.00. The highest BCUT2D eigenvalue weighted by Gasteiger charge is 2.17. The first kappa shape index (κ1) is 21.0. The van der Waals surface area contributed by atoms with Crippen molar-refractivity contribution in [3.05, 3.63) is 93.2 Å². The number of thiazole rings is 1. The molecular formula is C25H26N4OS. The summed E-state index contributed by atoms with van der Waals surface area (Å²) in [5, 5.41) is 10.5. The second-order valence-electron chi connectivity index (χ2n) is 7.84. The van der Waals surface area contributed by atoms with Crippen molar-refractivity contribution in [2.24, 2.45) is 0 Å². The molecule has 4 rings (SSSR count). The molecular weight excluding hydrogens is 404 g/mol. The van der Waals surface area contributed by atoms with Crippen molar-refractivity contribution in [1.29, 1.82) is 0 Å². The molecule has 5 nitrogen and oxygen atoms in total. The van der Waals surface area contributed by atoms with Crippen molar-refractivity contribution < 1.29 is 4.79 Å². The van der Waals surface area contributed by atoms with Crippen LogP contribution < -0.4 is 5.32 Å². The Morgan fingerprint density at radius 1 is 1.00 bits per heavy atom. The van der Waals surface area contributed by atoms with Crippen LogP contribution in [-0.2, 0) is 17.6 Å². The van der Waals surface area contributed by atoms with Crippen LogP contribution in [0.4, 0.5) is 5.69 Å². The van der Waals surface area contributed by atoms with Crippen molar-refractivity contribution in [1.82, 2.24) is 14.8 Å². The molecule has 0 bridgehead atoms. The van der Waals surface area contributed by atoms with E-state index >= 15 is 0 Å². The summed E-state index contributed by atoms with van der Waals surface area (Å²) < 4.78 is 1.89. The minimum absolute atomic E-state index is 0.0626. The Morgan fingerprint density at radius 3 is 2.42 bits per heavy atom. The van der Waals surface area contributed by atoms with Crippen LogP contribution in [0.25, 0.3) is 5.13 Å². The summed E-state index contributed by atoms with van der Waals surface area (Å²) in [6.07, 6.45) is 1.08. The van der Waals surface area contributed by atoms with Crippen molar-refractivity contribution in [2.45, 2.75) is 40.5 Å². The molecule has 1 amide bonds. The molecule has 1 N–H and O–H groups in total. The molecule has 2 aromatic carbocycles. The topological polar surface area (TPSA) is 59.8 Å². The highest BCUT2D eigenvalue weighted by atomic mass is 32.1. The molecule has 0 unspecified atom stereocenters. The normalized spacial score (nSPS) is 11.0. The zero-order valence-corrected chi connectivity index (χ0v) is 19.1. The fraction of sp³-hybridized carbons (Fsp3) is 0.240. The predicted molar refractivity (Wildman–Crippen MR) is 126 cm³/mol. The Hall–Kier alpha value is -3.25. The Labute approximate surface area is 186 Å². The first-order valence-corrected chi connectivity index (χ1v) is 11.2. The van der Waals surface area contributed by atoms with Crippen LogP contribution in [0.3, 0.4) is 0 Å². The number of para-hydroxylation sites is 1. The van der Waals surface area contributed by atoms with Gasteiger partial charge < -0.3 is 5.32 Å². The summed E-state index contributed by atoms with van der Waals surface area (Å²) in [5.41, 5.74) is 8.31. The van der Waals surface area contributed by atoms with Gasteiger partial charge in [-0.15, -0.1) is 11.3 Å². The summed E-state index contributed by atoms with van der Waals surface area (Å²) in [6, 6.07) is 16.4. The number of carbonyl (C=O) groups excluding carboxylic acids is 1. The lowest BCUT2D eigenvalue weighted by atomic mass is 10.0. The van der Waals surface area contributed by atoms with Crippen LogP contribution in [0, 0.1) is 27.7 Å². The molecule has 4 aromatic rings. The van der Waals surface area contributed by atoms with E-state index < -0.39 is 0 Å². The average molecular weight is 431 g/mol. The van der Waals surface area contributed by atoms with E-state index in [-0.39, 0.29) is 12.3 Å². The molecule has 0 saturated heterocycles. The lowest BCUT2D eigenvalue weighted by Crippen LogP contribution is -2.16. The number of nitrogens with one attached hydrogen (secondary N) is 1. The summed E-state index contributed by atoms with van der Waals surface area (Å²) >= 11 is 1.51. The van der Waals surface area contributed by atoms with Gasteiger partial charge in [-0.05, 0) is 44.4 Å². The largest absolute Gasteiger partial charge is 0.325 e. The third kappa shape index (κ3) is 4.59. The van der Waals surface area contributed by atoms with E-state index in [1.165, 1.54) is 22.5 Å². The number of rotatable bonds is 6. The second-order valence-corrected chi connectivity index (χ2v) is 8.67. The maximum absolute atomic E-state index is 12.6. The van der Waals surface area contributed by atoms with Crippen LogP contribution in [0.2, 0.25) is 0 Å². The number of aromatic nitrogens is 3. The average Bonchev–Trinajstić information content (AvgIpc) is 3.31. The van der Waals surface area contributed by atoms with E-state index in [0.29, 0.717) is 0 Å². The zero-order chi connectivity index (χ0) is 22.0. The number of aryl methyl sites for hydroxylation is 3. The molecule has 0 saturated carbocycles. The molecule has 158 valence electrons. The van der Waals surface area contributed by atoms with Crippen LogP contribution in [0.1, 0.15) is 39.3 Å². The van der Waals surface area contributed by atoms with Crippen molar-refractivity contribution in [2.75, 3.05) is 5.32 Å². The maximum atomic E-state index is 12.6. The first-order valence-electron chi connectivity index (χ1n) is 10.3. The van der Waals surface area contributed by atoms with Crippen LogP contribution in [0.15, 0.2) is 53.9 Å². The minimum Gasteiger partial charge on any atom is -0.325 e. The number of anilines is 1. The van der Waals surface area contributed by atoms with Gasteiger partial charge in [0.2, 0.25) is 11.0 Å². The third-order valence-electron chi connectivity index (χ3n) is 5.47. The molecule has 2 heterocycles. The van der Waals surface area contributed by atoms with Crippen LogP contribution in [0.5, 0.6) is 0 Å². The first-order chi connectivity index (χ1) is 14.9. The maximum Gasteiger partial charge on any atom is 0.230 e. The molecule has 31 heavy (non-hydrogen) atoms. The van der Waals surface area contributed by atoms with Crippen molar-refractivity contribution in [3.8, 4) is 5.13 Å². The molecule has 0 radical (unpaired) electrons. The van der Waals surface area contributed by atoms with Gasteiger partial charge in [0.15, 0.2) is 0 Å². The number of benzene rings is 2. The molecule has 6 heteroatoms. The molecule has 0 atom stereocenters. The third-order valence-corrected chi connectivity index (χ3v) is 6.34. The second kappa shape index (κ2) is 8.86.